The van der Waals surface area contributed by atoms with E-state index in [1.165, 1.54) is 18.2 Å². The van der Waals surface area contributed by atoms with E-state index in [2.05, 4.69) is 10.6 Å². The molecule has 1 atom stereocenters. The minimum atomic E-state index is -4.49. The highest BCUT2D eigenvalue weighted by Gasteiger charge is 2.40. The zero-order chi connectivity index (χ0) is 21.6. The van der Waals surface area contributed by atoms with Crippen molar-refractivity contribution in [3.63, 3.8) is 0 Å². The van der Waals surface area contributed by atoms with Gasteiger partial charge in [-0.05, 0) is 12.1 Å². The first-order valence-electron chi connectivity index (χ1n) is 8.50. The number of fused-ring (bicyclic) bond motifs is 2. The lowest BCUT2D eigenvalue weighted by Gasteiger charge is -2.29. The monoisotopic (exact) mass is 434 g/mol. The molecule has 0 spiro atoms. The molecule has 154 valence electrons. The Balaban J connectivity index is 1.58. The number of nitrogens with zero attached hydrogens (tertiary/aromatic N) is 2. The number of amides is 3. The Labute approximate surface area is 168 Å². The summed E-state index contributed by atoms with van der Waals surface area (Å²) in [5, 5.41) is 13.9. The van der Waals surface area contributed by atoms with Crippen molar-refractivity contribution < 1.29 is 31.5 Å². The van der Waals surface area contributed by atoms with Gasteiger partial charge in [-0.2, -0.15) is 5.26 Å². The van der Waals surface area contributed by atoms with Crippen molar-refractivity contribution >= 4 is 27.6 Å². The van der Waals surface area contributed by atoms with Crippen molar-refractivity contribution in [1.29, 1.82) is 5.26 Å². The smallest absolute Gasteiger partial charge is 0.336 e. The van der Waals surface area contributed by atoms with Crippen LogP contribution >= 0.6 is 0 Å². The lowest BCUT2D eigenvalue weighted by molar-refractivity contribution is -0.121. The van der Waals surface area contributed by atoms with Crippen molar-refractivity contribution in [1.82, 2.24) is 9.62 Å². The van der Waals surface area contributed by atoms with Crippen LogP contribution in [-0.2, 0) is 14.8 Å². The number of hydrogen-bond donors (Lipinski definition) is 2. The molecule has 2 heterocycles. The van der Waals surface area contributed by atoms with Gasteiger partial charge < -0.3 is 15.4 Å². The summed E-state index contributed by atoms with van der Waals surface area (Å²) in [7, 11) is -4.49. The second-order valence-corrected chi connectivity index (χ2v) is 8.27. The zero-order valence-corrected chi connectivity index (χ0v) is 15.8. The maximum Gasteiger partial charge on any atom is 0.336 e. The Morgan fingerprint density at radius 2 is 2.13 bits per heavy atom. The van der Waals surface area contributed by atoms with Crippen LogP contribution in [-0.4, -0.2) is 37.8 Å². The number of ether oxygens (including phenoxy) is 1. The molecule has 30 heavy (non-hydrogen) atoms. The number of hydrogen-bond acceptors (Lipinski definition) is 6. The minimum absolute atomic E-state index is 0.0714. The zero-order valence-electron chi connectivity index (χ0n) is 15.0. The van der Waals surface area contributed by atoms with Gasteiger partial charge in [0, 0.05) is 12.1 Å². The van der Waals surface area contributed by atoms with Gasteiger partial charge in [-0.1, -0.05) is 6.07 Å². The average Bonchev–Trinajstić information content (AvgIpc) is 3.07. The van der Waals surface area contributed by atoms with Crippen LogP contribution in [0.1, 0.15) is 17.2 Å². The van der Waals surface area contributed by atoms with Gasteiger partial charge >= 0.3 is 6.03 Å². The van der Waals surface area contributed by atoms with Crippen LogP contribution in [0, 0.1) is 23.0 Å². The number of anilines is 1. The number of carbonyl (C=O) groups is 2. The lowest BCUT2D eigenvalue weighted by atomic mass is 10.1. The predicted molar refractivity (Wildman–Crippen MR) is 96.8 cm³/mol. The van der Waals surface area contributed by atoms with Gasteiger partial charge in [0.1, 0.15) is 41.5 Å². The number of nitriles is 1. The number of benzene rings is 2. The van der Waals surface area contributed by atoms with Crippen molar-refractivity contribution in [2.24, 2.45) is 0 Å². The molecule has 0 saturated carbocycles. The first-order valence-corrected chi connectivity index (χ1v) is 9.94. The summed E-state index contributed by atoms with van der Waals surface area (Å²) in [6, 6.07) is 5.25. The highest BCUT2D eigenvalue weighted by molar-refractivity contribution is 7.90. The van der Waals surface area contributed by atoms with Crippen LogP contribution in [0.4, 0.5) is 19.3 Å². The quantitative estimate of drug-likeness (QED) is 0.756. The van der Waals surface area contributed by atoms with Gasteiger partial charge in [-0.25, -0.2) is 26.3 Å². The topological polar surface area (TPSA) is 129 Å². The Morgan fingerprint density at radius 3 is 2.87 bits per heavy atom. The second-order valence-electron chi connectivity index (χ2n) is 6.47. The summed E-state index contributed by atoms with van der Waals surface area (Å²) >= 11 is 0. The first kappa shape index (κ1) is 19.6. The summed E-state index contributed by atoms with van der Waals surface area (Å²) in [5.41, 5.74) is -0.342. The number of carbonyl (C=O) groups excluding carboxylic acids is 2. The SMILES string of the molecule is N#Cc1cccc2c1S(=O)(=O)N(CC(=O)N[C@@H]1COc3cc(F)cc(F)c31)C(=O)N2. The van der Waals surface area contributed by atoms with E-state index in [-0.39, 0.29) is 33.5 Å². The molecule has 4 rings (SSSR count). The van der Waals surface area contributed by atoms with E-state index in [0.29, 0.717) is 6.07 Å². The molecule has 0 fully saturated rings. The third-order valence-corrected chi connectivity index (χ3v) is 6.42. The molecule has 2 aromatic carbocycles. The van der Waals surface area contributed by atoms with Crippen LogP contribution in [0.3, 0.4) is 0 Å². The van der Waals surface area contributed by atoms with Crippen LogP contribution < -0.4 is 15.4 Å². The molecule has 2 N–H and O–H groups in total. The lowest BCUT2D eigenvalue weighted by Crippen LogP contribution is -2.49. The van der Waals surface area contributed by atoms with E-state index in [0.717, 1.165) is 6.07 Å². The Hall–Kier alpha value is -3.72. The minimum Gasteiger partial charge on any atom is -0.490 e. The largest absolute Gasteiger partial charge is 0.490 e. The number of urea groups is 1. The number of nitrogens with one attached hydrogen (secondary N) is 2. The fraction of sp³-hybridized carbons (Fsp3) is 0.167. The highest BCUT2D eigenvalue weighted by Crippen LogP contribution is 2.36. The molecule has 12 heteroatoms. The Morgan fingerprint density at radius 1 is 1.37 bits per heavy atom. The fourth-order valence-corrected chi connectivity index (χ4v) is 4.87. The maximum absolute atomic E-state index is 14.1. The summed E-state index contributed by atoms with van der Waals surface area (Å²) < 4.78 is 58.5. The number of rotatable bonds is 3. The van der Waals surface area contributed by atoms with Crippen LogP contribution in [0.15, 0.2) is 35.2 Å². The van der Waals surface area contributed by atoms with Crippen molar-refractivity contribution in [3.8, 4) is 11.8 Å². The molecule has 2 aliphatic heterocycles. The molecule has 0 bridgehead atoms. The van der Waals surface area contributed by atoms with E-state index in [9.17, 15) is 32.0 Å². The van der Waals surface area contributed by atoms with E-state index < -0.39 is 51.1 Å². The van der Waals surface area contributed by atoms with Crippen LogP contribution in [0.25, 0.3) is 0 Å². The normalized spacial score (nSPS) is 18.5. The molecular formula is C18H12F2N4O5S. The van der Waals surface area contributed by atoms with Crippen molar-refractivity contribution in [2.45, 2.75) is 10.9 Å². The van der Waals surface area contributed by atoms with E-state index in [1.54, 1.807) is 6.07 Å². The van der Waals surface area contributed by atoms with Gasteiger partial charge in [0.15, 0.2) is 0 Å². The second kappa shape index (κ2) is 6.96. The van der Waals surface area contributed by atoms with Gasteiger partial charge in [0.25, 0.3) is 10.0 Å². The van der Waals surface area contributed by atoms with Gasteiger partial charge in [0.05, 0.1) is 22.9 Å². The molecule has 2 aliphatic rings. The molecule has 0 saturated heterocycles. The molecular weight excluding hydrogens is 422 g/mol. The average molecular weight is 434 g/mol. The third kappa shape index (κ3) is 3.09. The molecule has 3 amide bonds. The molecule has 0 unspecified atom stereocenters. The van der Waals surface area contributed by atoms with E-state index >= 15 is 0 Å². The summed E-state index contributed by atoms with van der Waals surface area (Å²) in [4.78, 5) is 24.3. The van der Waals surface area contributed by atoms with Crippen molar-refractivity contribution in [3.05, 3.63) is 53.1 Å². The fourth-order valence-electron chi connectivity index (χ4n) is 3.31. The van der Waals surface area contributed by atoms with Gasteiger partial charge in [0.2, 0.25) is 5.91 Å². The molecule has 2 aromatic rings. The van der Waals surface area contributed by atoms with E-state index in [4.69, 9.17) is 4.74 Å². The maximum atomic E-state index is 14.1. The third-order valence-electron chi connectivity index (χ3n) is 4.58. The van der Waals surface area contributed by atoms with Gasteiger partial charge in [-0.15, -0.1) is 0 Å². The van der Waals surface area contributed by atoms with Crippen molar-refractivity contribution in [2.75, 3.05) is 18.5 Å². The Kier molecular flexibility index (Phi) is 4.54. The van der Waals surface area contributed by atoms with Gasteiger partial charge in [-0.3, -0.25) is 4.79 Å². The summed E-state index contributed by atoms with van der Waals surface area (Å²) in [5.74, 6) is -2.77. The van der Waals surface area contributed by atoms with Crippen LogP contribution in [0.2, 0.25) is 0 Å². The molecule has 0 aromatic heterocycles. The Bertz CT molecular complexity index is 1240. The summed E-state index contributed by atoms with van der Waals surface area (Å²) in [6.45, 7) is -1.11. The molecule has 9 nitrogen and oxygen atoms in total. The van der Waals surface area contributed by atoms with E-state index in [1.807, 2.05) is 0 Å². The standard InChI is InChI=1S/C18H12F2N4O5S/c19-10-4-11(20)16-13(8-29-14(16)5-10)22-15(25)7-24-18(26)23-12-3-1-2-9(6-21)17(12)30(24,27)28/h1-5,13H,7-8H2,(H,22,25)(H,23,26)/t13-/m1/s1. The van der Waals surface area contributed by atoms with Crippen LogP contribution in [0.5, 0.6) is 5.75 Å². The highest BCUT2D eigenvalue weighted by atomic mass is 32.2. The number of sulfonamides is 1. The molecule has 0 aliphatic carbocycles. The summed E-state index contributed by atoms with van der Waals surface area (Å²) in [6.07, 6.45) is 0. The molecule has 0 radical (unpaired) electrons. The predicted octanol–water partition coefficient (Wildman–Crippen LogP) is 1.62. The first-order chi connectivity index (χ1) is 14.2. The number of halogens is 2.